The molecule has 1 unspecified atom stereocenters. The monoisotopic (exact) mass is 305 g/mol. The fourth-order valence-electron chi connectivity index (χ4n) is 2.60. The summed E-state index contributed by atoms with van der Waals surface area (Å²) in [6.45, 7) is 8.85. The molecule has 5 heteroatoms. The second-order valence-electron chi connectivity index (χ2n) is 6.91. The third-order valence-corrected chi connectivity index (χ3v) is 3.74. The summed E-state index contributed by atoms with van der Waals surface area (Å²) >= 11 is 0. The van der Waals surface area contributed by atoms with Gasteiger partial charge in [-0.3, -0.25) is 0 Å². The van der Waals surface area contributed by atoms with Crippen LogP contribution in [0.25, 0.3) is 0 Å². The Morgan fingerprint density at radius 1 is 1.41 bits per heavy atom. The summed E-state index contributed by atoms with van der Waals surface area (Å²) in [6, 6.07) is 7.88. The van der Waals surface area contributed by atoms with Gasteiger partial charge in [0.25, 0.3) is 0 Å². The van der Waals surface area contributed by atoms with Gasteiger partial charge >= 0.3 is 6.09 Å². The molecular weight excluding hydrogens is 278 g/mol. The first-order valence-corrected chi connectivity index (χ1v) is 7.87. The summed E-state index contributed by atoms with van der Waals surface area (Å²) in [6.07, 6.45) is 0.804. The molecule has 122 valence electrons. The molecule has 1 heterocycles. The number of para-hydroxylation sites is 1. The lowest BCUT2D eigenvalue weighted by atomic mass is 10.1. The van der Waals surface area contributed by atoms with Crippen molar-refractivity contribution in [3.63, 3.8) is 0 Å². The first kappa shape index (κ1) is 16.6. The van der Waals surface area contributed by atoms with Gasteiger partial charge in [-0.1, -0.05) is 18.2 Å². The van der Waals surface area contributed by atoms with Crippen LogP contribution in [-0.4, -0.2) is 36.2 Å². The average Bonchev–Trinajstić information content (AvgIpc) is 2.88. The number of carbonyl (C=O) groups is 1. The number of nitrogens with one attached hydrogen (secondary N) is 1. The minimum atomic E-state index is -0.432. The van der Waals surface area contributed by atoms with Crippen LogP contribution in [0.1, 0.15) is 32.8 Å². The van der Waals surface area contributed by atoms with Crippen molar-refractivity contribution in [2.45, 2.75) is 39.3 Å². The lowest BCUT2D eigenvalue weighted by Crippen LogP contribution is -2.36. The van der Waals surface area contributed by atoms with Crippen LogP contribution >= 0.6 is 0 Å². The number of nitrogens with two attached hydrogens (primary N) is 1. The molecule has 0 aromatic heterocycles. The molecule has 1 amide bonds. The molecule has 0 saturated carbocycles. The molecule has 0 spiro atoms. The number of ether oxygens (including phenoxy) is 1. The number of carbonyl (C=O) groups excluding carboxylic acids is 1. The Bertz CT molecular complexity index is 511. The topological polar surface area (TPSA) is 67.6 Å². The van der Waals surface area contributed by atoms with Gasteiger partial charge in [-0.25, -0.2) is 4.79 Å². The Morgan fingerprint density at radius 3 is 2.82 bits per heavy atom. The largest absolute Gasteiger partial charge is 0.444 e. The van der Waals surface area contributed by atoms with E-state index in [1.807, 2.05) is 45.0 Å². The smallest absolute Gasteiger partial charge is 0.410 e. The zero-order chi connectivity index (χ0) is 16.2. The van der Waals surface area contributed by atoms with Crippen LogP contribution in [0.5, 0.6) is 0 Å². The van der Waals surface area contributed by atoms with Crippen LogP contribution in [0.3, 0.4) is 0 Å². The first-order chi connectivity index (χ1) is 10.3. The van der Waals surface area contributed by atoms with E-state index in [-0.39, 0.29) is 6.09 Å². The fraction of sp³-hybridized carbons (Fsp3) is 0.588. The van der Waals surface area contributed by atoms with E-state index in [9.17, 15) is 4.79 Å². The Hall–Kier alpha value is -1.75. The third kappa shape index (κ3) is 4.91. The van der Waals surface area contributed by atoms with Gasteiger partial charge in [0.2, 0.25) is 0 Å². The minimum Gasteiger partial charge on any atom is -0.444 e. The molecule has 3 N–H and O–H groups in total. The predicted molar refractivity (Wildman–Crippen MR) is 88.5 cm³/mol. The summed E-state index contributed by atoms with van der Waals surface area (Å²) in [5, 5.41) is 3.43. The van der Waals surface area contributed by atoms with Crippen molar-refractivity contribution >= 4 is 11.8 Å². The summed E-state index contributed by atoms with van der Waals surface area (Å²) in [5.74, 6) is 0.470. The molecule has 1 aromatic carbocycles. The molecule has 1 fully saturated rings. The second kappa shape index (κ2) is 7.01. The number of hydrogen-bond donors (Lipinski definition) is 2. The van der Waals surface area contributed by atoms with Crippen molar-refractivity contribution in [3.05, 3.63) is 29.8 Å². The van der Waals surface area contributed by atoms with Gasteiger partial charge in [0, 0.05) is 31.9 Å². The Kier molecular flexibility index (Phi) is 5.29. The van der Waals surface area contributed by atoms with Gasteiger partial charge in [-0.05, 0) is 44.7 Å². The van der Waals surface area contributed by atoms with E-state index >= 15 is 0 Å². The number of rotatable bonds is 4. The summed E-state index contributed by atoms with van der Waals surface area (Å²) in [5.41, 5.74) is 7.43. The number of amides is 1. The molecule has 2 rings (SSSR count). The number of nitrogen functional groups attached to an aromatic ring is 1. The predicted octanol–water partition coefficient (Wildman–Crippen LogP) is 2.62. The summed E-state index contributed by atoms with van der Waals surface area (Å²) in [4.78, 5) is 13.8. The highest BCUT2D eigenvalue weighted by Crippen LogP contribution is 2.19. The van der Waals surface area contributed by atoms with Gasteiger partial charge < -0.3 is 20.7 Å². The average molecular weight is 305 g/mol. The highest BCUT2D eigenvalue weighted by atomic mass is 16.6. The van der Waals surface area contributed by atoms with E-state index in [2.05, 4.69) is 5.32 Å². The van der Waals surface area contributed by atoms with E-state index < -0.39 is 5.60 Å². The SMILES string of the molecule is CC(C)(C)OC(=O)N1CCC(CNCc2ccccc2N)C1. The molecule has 1 atom stereocenters. The van der Waals surface area contributed by atoms with E-state index in [1.165, 1.54) is 0 Å². The van der Waals surface area contributed by atoms with Crippen LogP contribution < -0.4 is 11.1 Å². The number of benzene rings is 1. The maximum atomic E-state index is 12.0. The lowest BCUT2D eigenvalue weighted by Gasteiger charge is -2.24. The molecule has 1 saturated heterocycles. The Morgan fingerprint density at radius 2 is 2.14 bits per heavy atom. The quantitative estimate of drug-likeness (QED) is 0.839. The normalized spacial score (nSPS) is 18.5. The van der Waals surface area contributed by atoms with Crippen molar-refractivity contribution in [2.24, 2.45) is 5.92 Å². The van der Waals surface area contributed by atoms with Gasteiger partial charge in [0.05, 0.1) is 0 Å². The van der Waals surface area contributed by atoms with Crippen molar-refractivity contribution in [1.29, 1.82) is 0 Å². The molecule has 0 aliphatic carbocycles. The molecule has 0 radical (unpaired) electrons. The first-order valence-electron chi connectivity index (χ1n) is 7.87. The minimum absolute atomic E-state index is 0.206. The zero-order valence-electron chi connectivity index (χ0n) is 13.8. The Labute approximate surface area is 132 Å². The van der Waals surface area contributed by atoms with Gasteiger partial charge in [-0.15, -0.1) is 0 Å². The van der Waals surface area contributed by atoms with E-state index in [1.54, 1.807) is 4.90 Å². The van der Waals surface area contributed by atoms with Crippen molar-refractivity contribution in [3.8, 4) is 0 Å². The van der Waals surface area contributed by atoms with Crippen molar-refractivity contribution < 1.29 is 9.53 Å². The van der Waals surface area contributed by atoms with Gasteiger partial charge in [0.1, 0.15) is 5.60 Å². The molecule has 1 aliphatic heterocycles. The molecular formula is C17H27N3O2. The van der Waals surface area contributed by atoms with E-state index in [0.717, 1.165) is 43.9 Å². The maximum absolute atomic E-state index is 12.0. The third-order valence-electron chi connectivity index (χ3n) is 3.74. The standard InChI is InChI=1S/C17H27N3O2/c1-17(2,3)22-16(21)20-9-8-13(12-20)10-19-11-14-6-4-5-7-15(14)18/h4-7,13,19H,8-12,18H2,1-3H3. The molecule has 22 heavy (non-hydrogen) atoms. The molecule has 1 aromatic rings. The maximum Gasteiger partial charge on any atom is 0.410 e. The number of likely N-dealkylation sites (tertiary alicyclic amines) is 1. The van der Waals surface area contributed by atoms with Gasteiger partial charge in [-0.2, -0.15) is 0 Å². The number of anilines is 1. The van der Waals surface area contributed by atoms with Crippen LogP contribution in [0.2, 0.25) is 0 Å². The lowest BCUT2D eigenvalue weighted by molar-refractivity contribution is 0.0288. The fourth-order valence-corrected chi connectivity index (χ4v) is 2.60. The van der Waals surface area contributed by atoms with Crippen molar-refractivity contribution in [1.82, 2.24) is 10.2 Å². The van der Waals surface area contributed by atoms with E-state index in [0.29, 0.717) is 5.92 Å². The van der Waals surface area contributed by atoms with Crippen LogP contribution in [0, 0.1) is 5.92 Å². The molecule has 5 nitrogen and oxygen atoms in total. The van der Waals surface area contributed by atoms with Gasteiger partial charge in [0.15, 0.2) is 0 Å². The summed E-state index contributed by atoms with van der Waals surface area (Å²) < 4.78 is 5.41. The van der Waals surface area contributed by atoms with Crippen LogP contribution in [0.4, 0.5) is 10.5 Å². The second-order valence-corrected chi connectivity index (χ2v) is 6.91. The molecule has 0 bridgehead atoms. The number of nitrogens with zero attached hydrogens (tertiary/aromatic N) is 1. The van der Waals surface area contributed by atoms with E-state index in [4.69, 9.17) is 10.5 Å². The van der Waals surface area contributed by atoms with Crippen LogP contribution in [0.15, 0.2) is 24.3 Å². The highest BCUT2D eigenvalue weighted by molar-refractivity contribution is 5.68. The Balaban J connectivity index is 1.73. The number of hydrogen-bond acceptors (Lipinski definition) is 4. The van der Waals surface area contributed by atoms with Crippen LogP contribution in [-0.2, 0) is 11.3 Å². The van der Waals surface area contributed by atoms with Crippen molar-refractivity contribution in [2.75, 3.05) is 25.4 Å². The highest BCUT2D eigenvalue weighted by Gasteiger charge is 2.29. The summed E-state index contributed by atoms with van der Waals surface area (Å²) in [7, 11) is 0. The zero-order valence-corrected chi connectivity index (χ0v) is 13.8. The molecule has 1 aliphatic rings.